The van der Waals surface area contributed by atoms with Gasteiger partial charge in [-0.3, -0.25) is 4.79 Å². The molecule has 178 valence electrons. The van der Waals surface area contributed by atoms with Crippen molar-refractivity contribution in [1.82, 2.24) is 19.4 Å². The fourth-order valence-electron chi connectivity index (χ4n) is 4.37. The first-order valence-corrected chi connectivity index (χ1v) is 11.1. The number of hydrogen-bond acceptors (Lipinski definition) is 9. The van der Waals surface area contributed by atoms with Crippen LogP contribution < -0.4 is 25.0 Å². The number of benzene rings is 1. The van der Waals surface area contributed by atoms with E-state index >= 15 is 0 Å². The molecule has 35 heavy (non-hydrogen) atoms. The topological polar surface area (TPSA) is 126 Å². The fraction of sp³-hybridized carbons (Fsp3) is 0.250. The van der Waals surface area contributed by atoms with Crippen molar-refractivity contribution in [3.8, 4) is 22.9 Å². The summed E-state index contributed by atoms with van der Waals surface area (Å²) in [4.78, 5) is 27.3. The summed E-state index contributed by atoms with van der Waals surface area (Å²) in [7, 11) is 1.62. The molecule has 3 N–H and O–H groups in total. The maximum absolute atomic E-state index is 11.7. The predicted octanol–water partition coefficient (Wildman–Crippen LogP) is 2.45. The SMILES string of the molecule is COc1cc(Nc2nc(-c3cnc4c(c3)NC(=O)CO4)cn3ccnc23)ccc1N1CC(C)(O)C1. The molecule has 0 saturated carbocycles. The number of amides is 1. The van der Waals surface area contributed by atoms with E-state index in [0.717, 1.165) is 11.4 Å². The number of carbonyl (C=O) groups excluding carboxylic acids is 1. The molecule has 0 atom stereocenters. The largest absolute Gasteiger partial charge is 0.495 e. The molecule has 1 fully saturated rings. The Balaban J connectivity index is 1.34. The highest BCUT2D eigenvalue weighted by molar-refractivity contribution is 5.95. The molecule has 11 nitrogen and oxygen atoms in total. The van der Waals surface area contributed by atoms with E-state index in [1.54, 1.807) is 25.6 Å². The van der Waals surface area contributed by atoms with Crippen molar-refractivity contribution in [3.05, 3.63) is 49.1 Å². The van der Waals surface area contributed by atoms with Crippen LogP contribution in [0.2, 0.25) is 0 Å². The van der Waals surface area contributed by atoms with Gasteiger partial charge in [-0.15, -0.1) is 0 Å². The number of imidazole rings is 1. The van der Waals surface area contributed by atoms with Gasteiger partial charge < -0.3 is 34.5 Å². The zero-order valence-electron chi connectivity index (χ0n) is 19.1. The van der Waals surface area contributed by atoms with Crippen molar-refractivity contribution in [2.24, 2.45) is 0 Å². The van der Waals surface area contributed by atoms with Gasteiger partial charge in [-0.25, -0.2) is 15.0 Å². The van der Waals surface area contributed by atoms with Crippen LogP contribution in [0.1, 0.15) is 6.92 Å². The minimum absolute atomic E-state index is 0.0496. The smallest absolute Gasteiger partial charge is 0.262 e. The van der Waals surface area contributed by atoms with Crippen LogP contribution in [0.15, 0.2) is 49.1 Å². The lowest BCUT2D eigenvalue weighted by atomic mass is 9.96. The van der Waals surface area contributed by atoms with E-state index in [0.29, 0.717) is 53.1 Å². The molecule has 1 amide bonds. The highest BCUT2D eigenvalue weighted by Gasteiger charge is 2.37. The van der Waals surface area contributed by atoms with Gasteiger partial charge >= 0.3 is 0 Å². The molecule has 4 aromatic rings. The van der Waals surface area contributed by atoms with E-state index in [1.807, 2.05) is 41.9 Å². The lowest BCUT2D eigenvalue weighted by Crippen LogP contribution is -2.60. The van der Waals surface area contributed by atoms with E-state index < -0.39 is 5.60 Å². The number of ether oxygens (including phenoxy) is 2. The maximum Gasteiger partial charge on any atom is 0.262 e. The average molecular weight is 473 g/mol. The van der Waals surface area contributed by atoms with Crippen LogP contribution >= 0.6 is 0 Å². The van der Waals surface area contributed by atoms with Crippen LogP contribution in [-0.4, -0.2) is 62.8 Å². The number of β-amino-alcohol motifs (C(OH)–C–C–N with tert-alkyl or cyclic N) is 1. The van der Waals surface area contributed by atoms with Gasteiger partial charge in [0.05, 0.1) is 24.1 Å². The molecular weight excluding hydrogens is 450 g/mol. The van der Waals surface area contributed by atoms with Crippen molar-refractivity contribution in [2.75, 3.05) is 42.3 Å². The highest BCUT2D eigenvalue weighted by Crippen LogP contribution is 2.37. The van der Waals surface area contributed by atoms with Crippen LogP contribution in [0.5, 0.6) is 11.6 Å². The first-order valence-electron chi connectivity index (χ1n) is 11.1. The van der Waals surface area contributed by atoms with Crippen molar-refractivity contribution >= 4 is 34.4 Å². The second-order valence-corrected chi connectivity index (χ2v) is 8.91. The molecule has 5 heterocycles. The standard InChI is InChI=1S/C24H23N7O4/c1-24(33)12-31(13-24)18-4-3-15(8-19(18)34-2)27-21-22-25-5-6-30(22)10-17(29-21)14-7-16-23(26-9-14)35-11-20(32)28-16/h3-10,33H,11-13H2,1-2H3,(H,27,29)(H,28,32). The van der Waals surface area contributed by atoms with E-state index in [4.69, 9.17) is 14.5 Å². The van der Waals surface area contributed by atoms with Crippen molar-refractivity contribution in [3.63, 3.8) is 0 Å². The summed E-state index contributed by atoms with van der Waals surface area (Å²) < 4.78 is 12.8. The number of fused-ring (bicyclic) bond motifs is 2. The lowest BCUT2D eigenvalue weighted by Gasteiger charge is -2.46. The van der Waals surface area contributed by atoms with E-state index in [1.165, 1.54) is 0 Å². The van der Waals surface area contributed by atoms with Crippen LogP contribution in [0.4, 0.5) is 22.9 Å². The molecule has 11 heteroatoms. The van der Waals surface area contributed by atoms with Gasteiger partial charge in [-0.2, -0.15) is 0 Å². The third-order valence-electron chi connectivity index (χ3n) is 5.98. The third-order valence-corrected chi connectivity index (χ3v) is 5.98. The quantitative estimate of drug-likeness (QED) is 0.401. The zero-order valence-corrected chi connectivity index (χ0v) is 19.1. The van der Waals surface area contributed by atoms with Crippen LogP contribution in [0.25, 0.3) is 16.9 Å². The second-order valence-electron chi connectivity index (χ2n) is 8.91. The Bertz CT molecular complexity index is 1460. The van der Waals surface area contributed by atoms with E-state index in [-0.39, 0.29) is 12.5 Å². The van der Waals surface area contributed by atoms with Crippen LogP contribution in [-0.2, 0) is 4.79 Å². The Morgan fingerprint density at radius 1 is 1.26 bits per heavy atom. The Kier molecular flexibility index (Phi) is 4.74. The van der Waals surface area contributed by atoms with Crippen LogP contribution in [0.3, 0.4) is 0 Å². The number of aromatic nitrogens is 4. The zero-order chi connectivity index (χ0) is 24.2. The minimum atomic E-state index is -0.681. The Labute approximate surface area is 200 Å². The molecule has 2 aliphatic heterocycles. The number of aliphatic hydroxyl groups is 1. The number of carbonyl (C=O) groups is 1. The molecule has 3 aromatic heterocycles. The second kappa shape index (κ2) is 7.84. The summed E-state index contributed by atoms with van der Waals surface area (Å²) in [6.45, 7) is 2.87. The van der Waals surface area contributed by atoms with Gasteiger partial charge in [-0.1, -0.05) is 0 Å². The molecule has 0 unspecified atom stereocenters. The Morgan fingerprint density at radius 2 is 2.11 bits per heavy atom. The van der Waals surface area contributed by atoms with Crippen molar-refractivity contribution in [1.29, 1.82) is 0 Å². The van der Waals surface area contributed by atoms with Crippen molar-refractivity contribution in [2.45, 2.75) is 12.5 Å². The third kappa shape index (κ3) is 3.85. The molecule has 0 aliphatic carbocycles. The summed E-state index contributed by atoms with van der Waals surface area (Å²) in [5, 5.41) is 16.2. The Morgan fingerprint density at radius 3 is 2.91 bits per heavy atom. The summed E-state index contributed by atoms with van der Waals surface area (Å²) in [6, 6.07) is 7.57. The summed E-state index contributed by atoms with van der Waals surface area (Å²) in [5.41, 5.74) is 3.52. The number of pyridine rings is 1. The maximum atomic E-state index is 11.7. The first-order chi connectivity index (χ1) is 16.9. The molecular formula is C24H23N7O4. The molecule has 0 bridgehead atoms. The first kappa shape index (κ1) is 21.2. The van der Waals surface area contributed by atoms with E-state index in [9.17, 15) is 9.90 Å². The Hall–Kier alpha value is -4.38. The molecule has 0 spiro atoms. The van der Waals surface area contributed by atoms with Gasteiger partial charge in [0.1, 0.15) is 11.4 Å². The van der Waals surface area contributed by atoms with Crippen LogP contribution in [0, 0.1) is 0 Å². The van der Waals surface area contributed by atoms with Gasteiger partial charge in [-0.05, 0) is 25.1 Å². The lowest BCUT2D eigenvalue weighted by molar-refractivity contribution is -0.118. The molecule has 0 radical (unpaired) electrons. The fourth-order valence-corrected chi connectivity index (χ4v) is 4.37. The van der Waals surface area contributed by atoms with Gasteiger partial charge in [0, 0.05) is 55.2 Å². The summed E-state index contributed by atoms with van der Waals surface area (Å²) in [6.07, 6.45) is 7.04. The van der Waals surface area contributed by atoms with Gasteiger partial charge in [0.2, 0.25) is 5.88 Å². The molecule has 6 rings (SSSR count). The number of nitrogens with one attached hydrogen (secondary N) is 2. The number of methoxy groups -OCH3 is 1. The normalized spacial score (nSPS) is 16.2. The number of hydrogen-bond donors (Lipinski definition) is 3. The monoisotopic (exact) mass is 473 g/mol. The minimum Gasteiger partial charge on any atom is -0.495 e. The number of anilines is 4. The summed E-state index contributed by atoms with van der Waals surface area (Å²) in [5.74, 6) is 1.39. The van der Waals surface area contributed by atoms with Gasteiger partial charge in [0.25, 0.3) is 5.91 Å². The van der Waals surface area contributed by atoms with Crippen molar-refractivity contribution < 1.29 is 19.4 Å². The van der Waals surface area contributed by atoms with E-state index in [2.05, 4.69) is 25.5 Å². The number of nitrogens with zero attached hydrogens (tertiary/aromatic N) is 5. The summed E-state index contributed by atoms with van der Waals surface area (Å²) >= 11 is 0. The highest BCUT2D eigenvalue weighted by atomic mass is 16.5. The molecule has 2 aliphatic rings. The van der Waals surface area contributed by atoms with Gasteiger partial charge in [0.15, 0.2) is 18.1 Å². The average Bonchev–Trinajstić information content (AvgIpc) is 3.31. The number of rotatable bonds is 5. The molecule has 1 aromatic carbocycles. The molecule has 1 saturated heterocycles. The predicted molar refractivity (Wildman–Crippen MR) is 129 cm³/mol.